The molecule has 6 nitrogen and oxygen atoms in total. The lowest BCUT2D eigenvalue weighted by Crippen LogP contribution is -2.36. The summed E-state index contributed by atoms with van der Waals surface area (Å²) in [6.45, 7) is 2.91. The van der Waals surface area contributed by atoms with Gasteiger partial charge in [-0.05, 0) is 53.4 Å². The maximum atomic E-state index is 13.7. The highest BCUT2D eigenvalue weighted by Crippen LogP contribution is 2.17. The van der Waals surface area contributed by atoms with Gasteiger partial charge >= 0.3 is 0 Å². The van der Waals surface area contributed by atoms with E-state index in [1.54, 1.807) is 7.05 Å². The first-order valence-corrected chi connectivity index (χ1v) is 11.3. The van der Waals surface area contributed by atoms with Crippen molar-refractivity contribution in [1.29, 1.82) is 0 Å². The molecule has 0 bridgehead atoms. The van der Waals surface area contributed by atoms with Crippen molar-refractivity contribution in [2.45, 2.75) is 25.8 Å². The maximum Gasteiger partial charge on any atom is 0.191 e. The summed E-state index contributed by atoms with van der Waals surface area (Å²) in [4.78, 5) is 6.25. The predicted octanol–water partition coefficient (Wildman–Crippen LogP) is 3.23. The number of halogens is 2. The van der Waals surface area contributed by atoms with Gasteiger partial charge in [0.1, 0.15) is 5.82 Å². The fourth-order valence-corrected chi connectivity index (χ4v) is 3.76. The van der Waals surface area contributed by atoms with Crippen molar-refractivity contribution < 1.29 is 12.8 Å². The van der Waals surface area contributed by atoms with Gasteiger partial charge in [-0.15, -0.1) is 24.0 Å². The molecular formula is C21H30FIN4O2S. The summed E-state index contributed by atoms with van der Waals surface area (Å²) in [6, 6.07) is 10.4. The molecule has 0 aliphatic rings. The maximum absolute atomic E-state index is 13.7. The summed E-state index contributed by atoms with van der Waals surface area (Å²) >= 11 is 0. The number of sulfone groups is 1. The molecule has 2 rings (SSSR count). The first-order chi connectivity index (χ1) is 13.6. The average molecular weight is 548 g/mol. The summed E-state index contributed by atoms with van der Waals surface area (Å²) in [7, 11) is 2.44. The molecular weight excluding hydrogens is 518 g/mol. The van der Waals surface area contributed by atoms with Gasteiger partial charge in [-0.2, -0.15) is 0 Å². The number of hydrogen-bond donors (Lipinski definition) is 2. The first-order valence-electron chi connectivity index (χ1n) is 9.25. The molecule has 0 aromatic heterocycles. The van der Waals surface area contributed by atoms with Gasteiger partial charge in [-0.3, -0.25) is 4.99 Å². The van der Waals surface area contributed by atoms with Crippen molar-refractivity contribution in [1.82, 2.24) is 10.6 Å². The van der Waals surface area contributed by atoms with Gasteiger partial charge < -0.3 is 15.5 Å². The van der Waals surface area contributed by atoms with Crippen molar-refractivity contribution in [3.05, 3.63) is 64.5 Å². The van der Waals surface area contributed by atoms with Crippen LogP contribution in [0.5, 0.6) is 0 Å². The van der Waals surface area contributed by atoms with E-state index in [2.05, 4.69) is 45.6 Å². The van der Waals surface area contributed by atoms with E-state index < -0.39 is 15.7 Å². The molecule has 0 heterocycles. The molecule has 2 N–H and O–H groups in total. The molecule has 0 unspecified atom stereocenters. The zero-order valence-electron chi connectivity index (χ0n) is 18.0. The SMILES string of the molecule is CN=C(NCc1ccc(N(C)C)cc1C)NCc1cc(F)ccc1CS(C)(=O)=O.I. The highest BCUT2D eigenvalue weighted by Gasteiger charge is 2.11. The number of nitrogens with zero attached hydrogens (tertiary/aromatic N) is 2. The van der Waals surface area contributed by atoms with E-state index in [-0.39, 0.29) is 36.3 Å². The minimum absolute atomic E-state index is 0. The molecule has 0 saturated carbocycles. The van der Waals surface area contributed by atoms with Crippen LogP contribution in [-0.2, 0) is 28.7 Å². The van der Waals surface area contributed by atoms with E-state index in [9.17, 15) is 12.8 Å². The van der Waals surface area contributed by atoms with Crippen LogP contribution in [-0.4, -0.2) is 41.8 Å². The monoisotopic (exact) mass is 548 g/mol. The van der Waals surface area contributed by atoms with Crippen LogP contribution < -0.4 is 15.5 Å². The van der Waals surface area contributed by atoms with Crippen molar-refractivity contribution in [2.75, 3.05) is 32.3 Å². The number of anilines is 1. The second-order valence-corrected chi connectivity index (χ2v) is 9.41. The Morgan fingerprint density at radius 1 is 1.03 bits per heavy atom. The van der Waals surface area contributed by atoms with Crippen LogP contribution in [0.4, 0.5) is 10.1 Å². The Morgan fingerprint density at radius 3 is 2.17 bits per heavy atom. The summed E-state index contributed by atoms with van der Waals surface area (Å²) in [5.41, 5.74) is 4.61. The van der Waals surface area contributed by atoms with Crippen molar-refractivity contribution in [3.8, 4) is 0 Å². The lowest BCUT2D eigenvalue weighted by molar-refractivity contribution is 0.599. The molecule has 0 aliphatic carbocycles. The standard InChI is InChI=1S/C21H29FN4O2S.HI/c1-15-10-20(26(3)4)9-7-16(15)12-24-21(23-2)25-13-18-11-19(22)8-6-17(18)14-29(5,27)28;/h6-11H,12-14H2,1-5H3,(H2,23,24,25);1H. The van der Waals surface area contributed by atoms with Gasteiger partial charge in [-0.25, -0.2) is 12.8 Å². The molecule has 0 amide bonds. The van der Waals surface area contributed by atoms with Crippen LogP contribution in [0, 0.1) is 12.7 Å². The number of guanidine groups is 1. The summed E-state index contributed by atoms with van der Waals surface area (Å²) in [6.07, 6.45) is 1.16. The quantitative estimate of drug-likeness (QED) is 0.316. The van der Waals surface area contributed by atoms with Crippen LogP contribution in [0.15, 0.2) is 41.4 Å². The first kappa shape index (κ1) is 26.2. The fraction of sp³-hybridized carbons (Fsp3) is 0.381. The molecule has 0 radical (unpaired) electrons. The van der Waals surface area contributed by atoms with E-state index in [4.69, 9.17) is 0 Å². The number of aryl methyl sites for hydroxylation is 1. The van der Waals surface area contributed by atoms with E-state index in [0.29, 0.717) is 23.6 Å². The third kappa shape index (κ3) is 8.10. The molecule has 0 saturated heterocycles. The molecule has 9 heteroatoms. The third-order valence-corrected chi connectivity index (χ3v) is 5.38. The van der Waals surface area contributed by atoms with Crippen LogP contribution in [0.3, 0.4) is 0 Å². The van der Waals surface area contributed by atoms with E-state index in [0.717, 1.165) is 17.5 Å². The highest BCUT2D eigenvalue weighted by molar-refractivity contribution is 14.0. The van der Waals surface area contributed by atoms with Crippen molar-refractivity contribution >= 4 is 45.5 Å². The van der Waals surface area contributed by atoms with Gasteiger partial charge in [-0.1, -0.05) is 12.1 Å². The van der Waals surface area contributed by atoms with Gasteiger partial charge in [0.05, 0.1) is 5.75 Å². The lowest BCUT2D eigenvalue weighted by atomic mass is 10.1. The van der Waals surface area contributed by atoms with Crippen LogP contribution >= 0.6 is 24.0 Å². The van der Waals surface area contributed by atoms with Gasteiger partial charge in [0, 0.05) is 46.2 Å². The molecule has 2 aromatic carbocycles. The van der Waals surface area contributed by atoms with Crippen LogP contribution in [0.2, 0.25) is 0 Å². The predicted molar refractivity (Wildman–Crippen MR) is 133 cm³/mol. The molecule has 2 aromatic rings. The second-order valence-electron chi connectivity index (χ2n) is 7.27. The Morgan fingerprint density at radius 2 is 1.63 bits per heavy atom. The zero-order valence-corrected chi connectivity index (χ0v) is 21.1. The number of hydrogen-bond acceptors (Lipinski definition) is 4. The van der Waals surface area contributed by atoms with Crippen molar-refractivity contribution in [2.24, 2.45) is 4.99 Å². The van der Waals surface area contributed by atoms with Gasteiger partial charge in [0.25, 0.3) is 0 Å². The van der Waals surface area contributed by atoms with Crippen LogP contribution in [0.1, 0.15) is 22.3 Å². The number of benzene rings is 2. The summed E-state index contributed by atoms with van der Waals surface area (Å²) in [5.74, 6) is 0.0163. The number of aliphatic imine (C=N–C) groups is 1. The smallest absolute Gasteiger partial charge is 0.191 e. The molecule has 166 valence electrons. The normalized spacial score (nSPS) is 11.6. The highest BCUT2D eigenvalue weighted by atomic mass is 127. The molecule has 0 fully saturated rings. The summed E-state index contributed by atoms with van der Waals surface area (Å²) < 4.78 is 36.9. The number of rotatable bonds is 7. The lowest BCUT2D eigenvalue weighted by Gasteiger charge is -2.17. The fourth-order valence-electron chi connectivity index (χ4n) is 2.92. The Balaban J connectivity index is 0.00000450. The minimum Gasteiger partial charge on any atom is -0.378 e. The summed E-state index contributed by atoms with van der Waals surface area (Å²) in [5, 5.41) is 6.37. The van der Waals surface area contributed by atoms with E-state index in [1.165, 1.54) is 23.8 Å². The second kappa shape index (κ2) is 11.5. The topological polar surface area (TPSA) is 73.8 Å². The Hall–Kier alpha value is -1.88. The van der Waals surface area contributed by atoms with E-state index >= 15 is 0 Å². The molecule has 0 atom stereocenters. The van der Waals surface area contributed by atoms with Gasteiger partial charge in [0.2, 0.25) is 0 Å². The molecule has 30 heavy (non-hydrogen) atoms. The zero-order chi connectivity index (χ0) is 21.6. The van der Waals surface area contributed by atoms with Crippen molar-refractivity contribution in [3.63, 3.8) is 0 Å². The Kier molecular flexibility index (Phi) is 10.0. The third-order valence-electron chi connectivity index (χ3n) is 4.54. The largest absolute Gasteiger partial charge is 0.378 e. The van der Waals surface area contributed by atoms with Crippen LogP contribution in [0.25, 0.3) is 0 Å². The van der Waals surface area contributed by atoms with Gasteiger partial charge in [0.15, 0.2) is 15.8 Å². The number of nitrogens with one attached hydrogen (secondary N) is 2. The van der Waals surface area contributed by atoms with E-state index in [1.807, 2.05) is 14.1 Å². The minimum atomic E-state index is -3.22. The molecule has 0 spiro atoms. The average Bonchev–Trinajstić information content (AvgIpc) is 2.63. The Labute approximate surface area is 195 Å². The Bertz CT molecular complexity index is 994. The molecule has 0 aliphatic heterocycles.